The van der Waals surface area contributed by atoms with Crippen molar-refractivity contribution < 1.29 is 22.7 Å². The number of rotatable bonds is 9. The number of hydrogen-bond donors (Lipinski definition) is 1. The van der Waals surface area contributed by atoms with Crippen molar-refractivity contribution in [3.63, 3.8) is 0 Å². The van der Waals surface area contributed by atoms with E-state index in [1.807, 2.05) is 12.1 Å². The van der Waals surface area contributed by atoms with Crippen molar-refractivity contribution in [3.8, 4) is 11.5 Å². The van der Waals surface area contributed by atoms with Crippen molar-refractivity contribution in [1.29, 1.82) is 0 Å². The Labute approximate surface area is 166 Å². The van der Waals surface area contributed by atoms with Crippen LogP contribution in [0.2, 0.25) is 0 Å². The maximum Gasteiger partial charge on any atom is 0.244 e. The summed E-state index contributed by atoms with van der Waals surface area (Å²) in [7, 11) is -0.604. The van der Waals surface area contributed by atoms with Crippen LogP contribution in [0.4, 0.5) is 5.69 Å². The number of anilines is 1. The van der Waals surface area contributed by atoms with Gasteiger partial charge in [0.2, 0.25) is 15.9 Å². The summed E-state index contributed by atoms with van der Waals surface area (Å²) in [5, 5.41) is 2.82. The second-order valence-electron chi connectivity index (χ2n) is 6.25. The van der Waals surface area contributed by atoms with Gasteiger partial charge in [0, 0.05) is 12.6 Å². The number of carbonyl (C=O) groups excluding carboxylic acids is 1. The standard InChI is InChI=1S/C20H26N2O5S/c1-5-19(20(23)21-14-15-9-11-17(26-2)12-10-15)22(28(4,24)25)16-7-6-8-18(13-16)27-3/h6-13,19H,5,14H2,1-4H3,(H,21,23). The third kappa shape index (κ3) is 5.39. The number of nitrogens with one attached hydrogen (secondary N) is 1. The highest BCUT2D eigenvalue weighted by Crippen LogP contribution is 2.26. The summed E-state index contributed by atoms with van der Waals surface area (Å²) in [6.45, 7) is 2.06. The summed E-state index contributed by atoms with van der Waals surface area (Å²) in [5.41, 5.74) is 1.27. The molecule has 0 aliphatic carbocycles. The normalized spacial score (nSPS) is 12.1. The molecular weight excluding hydrogens is 380 g/mol. The fourth-order valence-electron chi connectivity index (χ4n) is 2.86. The maximum absolute atomic E-state index is 12.8. The Morgan fingerprint density at radius 3 is 2.25 bits per heavy atom. The van der Waals surface area contributed by atoms with Gasteiger partial charge in [0.15, 0.2) is 0 Å². The minimum absolute atomic E-state index is 0.287. The molecule has 7 nitrogen and oxygen atoms in total. The van der Waals surface area contributed by atoms with Crippen molar-refractivity contribution in [3.05, 3.63) is 54.1 Å². The van der Waals surface area contributed by atoms with Crippen LogP contribution in [0.15, 0.2) is 48.5 Å². The Kier molecular flexibility index (Phi) is 7.28. The number of benzene rings is 2. The molecule has 0 saturated heterocycles. The summed E-state index contributed by atoms with van der Waals surface area (Å²) in [5.74, 6) is 0.869. The van der Waals surface area contributed by atoms with Crippen LogP contribution in [0.25, 0.3) is 0 Å². The molecule has 2 aromatic carbocycles. The van der Waals surface area contributed by atoms with Gasteiger partial charge >= 0.3 is 0 Å². The summed E-state index contributed by atoms with van der Waals surface area (Å²) in [6, 6.07) is 13.1. The lowest BCUT2D eigenvalue weighted by Crippen LogP contribution is -2.49. The second kappa shape index (κ2) is 9.45. The first-order chi connectivity index (χ1) is 13.3. The number of ether oxygens (including phenoxy) is 2. The van der Waals surface area contributed by atoms with E-state index in [2.05, 4.69) is 5.32 Å². The average Bonchev–Trinajstić information content (AvgIpc) is 2.69. The lowest BCUT2D eigenvalue weighted by atomic mass is 10.1. The van der Waals surface area contributed by atoms with E-state index in [0.717, 1.165) is 21.9 Å². The Morgan fingerprint density at radius 2 is 1.71 bits per heavy atom. The van der Waals surface area contributed by atoms with E-state index in [9.17, 15) is 13.2 Å². The number of nitrogens with zero attached hydrogens (tertiary/aromatic N) is 1. The molecule has 0 fully saturated rings. The summed E-state index contributed by atoms with van der Waals surface area (Å²) in [4.78, 5) is 12.8. The van der Waals surface area contributed by atoms with Gasteiger partial charge in [-0.1, -0.05) is 25.1 Å². The Balaban J connectivity index is 2.23. The quantitative estimate of drug-likeness (QED) is 0.692. The van der Waals surface area contributed by atoms with Gasteiger partial charge in [-0.3, -0.25) is 9.10 Å². The van der Waals surface area contributed by atoms with Crippen LogP contribution in [0, 0.1) is 0 Å². The van der Waals surface area contributed by atoms with Crippen LogP contribution in [0.5, 0.6) is 11.5 Å². The monoisotopic (exact) mass is 406 g/mol. The highest BCUT2D eigenvalue weighted by Gasteiger charge is 2.31. The molecule has 0 aromatic heterocycles. The van der Waals surface area contributed by atoms with E-state index < -0.39 is 16.1 Å². The zero-order valence-corrected chi connectivity index (χ0v) is 17.3. The molecule has 0 radical (unpaired) electrons. The molecular formula is C20H26N2O5S. The first-order valence-electron chi connectivity index (χ1n) is 8.84. The van der Waals surface area contributed by atoms with Gasteiger partial charge < -0.3 is 14.8 Å². The smallest absolute Gasteiger partial charge is 0.244 e. The first kappa shape index (κ1) is 21.6. The predicted molar refractivity (Wildman–Crippen MR) is 109 cm³/mol. The van der Waals surface area contributed by atoms with Crippen molar-refractivity contribution in [2.45, 2.75) is 25.9 Å². The fraction of sp³-hybridized carbons (Fsp3) is 0.350. The van der Waals surface area contributed by atoms with Crippen LogP contribution in [-0.2, 0) is 21.4 Å². The molecule has 0 aliphatic rings. The van der Waals surface area contributed by atoms with Gasteiger partial charge in [-0.2, -0.15) is 0 Å². The lowest BCUT2D eigenvalue weighted by Gasteiger charge is -2.30. The van der Waals surface area contributed by atoms with Gasteiger partial charge in [-0.25, -0.2) is 8.42 Å². The summed E-state index contributed by atoms with van der Waals surface area (Å²) < 4.78 is 36.4. The van der Waals surface area contributed by atoms with E-state index >= 15 is 0 Å². The Morgan fingerprint density at radius 1 is 1.07 bits per heavy atom. The van der Waals surface area contributed by atoms with E-state index in [-0.39, 0.29) is 12.5 Å². The van der Waals surface area contributed by atoms with Gasteiger partial charge in [0.05, 0.1) is 26.2 Å². The van der Waals surface area contributed by atoms with Crippen LogP contribution < -0.4 is 19.1 Å². The van der Waals surface area contributed by atoms with Crippen LogP contribution in [-0.4, -0.2) is 40.8 Å². The fourth-order valence-corrected chi connectivity index (χ4v) is 4.06. The minimum Gasteiger partial charge on any atom is -0.497 e. The van der Waals surface area contributed by atoms with E-state index in [0.29, 0.717) is 17.9 Å². The van der Waals surface area contributed by atoms with E-state index in [1.54, 1.807) is 50.4 Å². The highest BCUT2D eigenvalue weighted by molar-refractivity contribution is 7.92. The first-order valence-corrected chi connectivity index (χ1v) is 10.7. The largest absolute Gasteiger partial charge is 0.497 e. The highest BCUT2D eigenvalue weighted by atomic mass is 32.2. The molecule has 8 heteroatoms. The average molecular weight is 407 g/mol. The SMILES string of the molecule is CCC(C(=O)NCc1ccc(OC)cc1)N(c1cccc(OC)c1)S(C)(=O)=O. The molecule has 1 unspecified atom stereocenters. The summed E-state index contributed by atoms with van der Waals surface area (Å²) in [6.07, 6.45) is 1.41. The maximum atomic E-state index is 12.8. The number of carbonyl (C=O) groups is 1. The van der Waals surface area contributed by atoms with E-state index in [4.69, 9.17) is 9.47 Å². The zero-order valence-electron chi connectivity index (χ0n) is 16.5. The molecule has 28 heavy (non-hydrogen) atoms. The number of methoxy groups -OCH3 is 2. The Hall–Kier alpha value is -2.74. The molecule has 1 atom stereocenters. The Bertz CT molecular complexity index is 897. The van der Waals surface area contributed by atoms with E-state index in [1.165, 1.54) is 7.11 Å². The molecule has 0 bridgehead atoms. The van der Waals surface area contributed by atoms with Gasteiger partial charge in [0.25, 0.3) is 0 Å². The van der Waals surface area contributed by atoms with Gasteiger partial charge in [-0.15, -0.1) is 0 Å². The molecule has 0 heterocycles. The number of hydrogen-bond acceptors (Lipinski definition) is 5. The molecule has 152 valence electrons. The lowest BCUT2D eigenvalue weighted by molar-refractivity contribution is -0.122. The van der Waals surface area contributed by atoms with Gasteiger partial charge in [0.1, 0.15) is 17.5 Å². The topological polar surface area (TPSA) is 84.9 Å². The third-order valence-electron chi connectivity index (χ3n) is 4.26. The third-order valence-corrected chi connectivity index (χ3v) is 5.44. The zero-order chi connectivity index (χ0) is 20.7. The summed E-state index contributed by atoms with van der Waals surface area (Å²) >= 11 is 0. The molecule has 0 aliphatic heterocycles. The molecule has 0 saturated carbocycles. The molecule has 2 aromatic rings. The molecule has 1 N–H and O–H groups in total. The van der Waals surface area contributed by atoms with Crippen LogP contribution >= 0.6 is 0 Å². The van der Waals surface area contributed by atoms with Crippen molar-refractivity contribution in [2.24, 2.45) is 0 Å². The molecule has 1 amide bonds. The van der Waals surface area contributed by atoms with Crippen molar-refractivity contribution >= 4 is 21.6 Å². The van der Waals surface area contributed by atoms with Crippen LogP contribution in [0.1, 0.15) is 18.9 Å². The van der Waals surface area contributed by atoms with Crippen LogP contribution in [0.3, 0.4) is 0 Å². The van der Waals surface area contributed by atoms with Crippen molar-refractivity contribution in [1.82, 2.24) is 5.32 Å². The minimum atomic E-state index is -3.69. The molecule has 0 spiro atoms. The van der Waals surface area contributed by atoms with Crippen molar-refractivity contribution in [2.75, 3.05) is 24.8 Å². The predicted octanol–water partition coefficient (Wildman–Crippen LogP) is 2.56. The van der Waals surface area contributed by atoms with Gasteiger partial charge in [-0.05, 0) is 36.2 Å². The number of sulfonamides is 1. The number of amides is 1. The molecule has 2 rings (SSSR count). The second-order valence-corrected chi connectivity index (χ2v) is 8.11.